The highest BCUT2D eigenvalue weighted by Gasteiger charge is 2.20. The van der Waals surface area contributed by atoms with E-state index in [-0.39, 0.29) is 0 Å². The largest absolute Gasteiger partial charge is 0.378 e. The van der Waals surface area contributed by atoms with Gasteiger partial charge < -0.3 is 14.4 Å². The van der Waals surface area contributed by atoms with Gasteiger partial charge in [-0.25, -0.2) is 14.5 Å². The van der Waals surface area contributed by atoms with Crippen molar-refractivity contribution in [3.05, 3.63) is 42.4 Å². The molecule has 1 saturated heterocycles. The lowest BCUT2D eigenvalue weighted by atomic mass is 10.0. The van der Waals surface area contributed by atoms with Gasteiger partial charge in [-0.3, -0.25) is 5.10 Å². The van der Waals surface area contributed by atoms with Crippen molar-refractivity contribution in [1.29, 1.82) is 0 Å². The van der Waals surface area contributed by atoms with Gasteiger partial charge in [0, 0.05) is 31.7 Å². The maximum Gasteiger partial charge on any atom is 0.182 e. The minimum atomic E-state index is 0.713. The summed E-state index contributed by atoms with van der Waals surface area (Å²) in [6.07, 6.45) is 5.89. The van der Waals surface area contributed by atoms with Crippen LogP contribution in [-0.4, -0.2) is 77.5 Å². The molecular formula is C21H23N6O2+. The molecule has 1 fully saturated rings. The molecule has 8 nitrogen and oxygen atoms in total. The van der Waals surface area contributed by atoms with E-state index < -0.39 is 0 Å². The van der Waals surface area contributed by atoms with E-state index in [0.29, 0.717) is 6.61 Å². The van der Waals surface area contributed by atoms with Crippen LogP contribution in [-0.2, 0) is 9.47 Å². The Kier molecular flexibility index (Phi) is 4.79. The molecule has 8 heteroatoms. The molecule has 29 heavy (non-hydrogen) atoms. The van der Waals surface area contributed by atoms with Gasteiger partial charge in [-0.2, -0.15) is 5.10 Å². The first-order valence-corrected chi connectivity index (χ1v) is 9.77. The van der Waals surface area contributed by atoms with Gasteiger partial charge in [0.25, 0.3) is 0 Å². The second-order valence-electron chi connectivity index (χ2n) is 7.14. The zero-order valence-corrected chi connectivity index (χ0v) is 16.3. The number of fused-ring (bicyclic) bond motifs is 1. The maximum atomic E-state index is 5.44. The number of ether oxygens (including phenoxy) is 2. The van der Waals surface area contributed by atoms with Crippen molar-refractivity contribution < 1.29 is 14.0 Å². The first-order chi connectivity index (χ1) is 14.3. The van der Waals surface area contributed by atoms with Gasteiger partial charge in [0.05, 0.1) is 24.4 Å². The molecule has 2 aliphatic heterocycles. The molecule has 5 rings (SSSR count). The van der Waals surface area contributed by atoms with Crippen LogP contribution in [0.1, 0.15) is 5.56 Å². The Labute approximate surface area is 168 Å². The van der Waals surface area contributed by atoms with E-state index in [9.17, 15) is 0 Å². The molecule has 0 aliphatic carbocycles. The van der Waals surface area contributed by atoms with Crippen LogP contribution in [0.4, 0.5) is 5.82 Å². The van der Waals surface area contributed by atoms with Gasteiger partial charge in [-0.1, -0.05) is 6.07 Å². The number of morpholine rings is 1. The average molecular weight is 391 g/mol. The van der Waals surface area contributed by atoms with E-state index in [1.54, 1.807) is 13.4 Å². The normalized spacial score (nSPS) is 16.5. The fourth-order valence-corrected chi connectivity index (χ4v) is 3.65. The molecule has 0 radical (unpaired) electrons. The highest BCUT2D eigenvalue weighted by atomic mass is 16.5. The molecule has 0 unspecified atom stereocenters. The molecule has 1 aromatic carbocycles. The van der Waals surface area contributed by atoms with Crippen LogP contribution in [0, 0.1) is 0 Å². The number of anilines is 1. The molecule has 0 bridgehead atoms. The molecule has 148 valence electrons. The third-order valence-electron chi connectivity index (χ3n) is 5.29. The van der Waals surface area contributed by atoms with Gasteiger partial charge in [-0.15, -0.1) is 0 Å². The minimum Gasteiger partial charge on any atom is -0.378 e. The fraction of sp³-hybridized carbons (Fsp3) is 0.333. The summed E-state index contributed by atoms with van der Waals surface area (Å²) in [5.74, 6) is 0.912. The smallest absolute Gasteiger partial charge is 0.182 e. The SMILES string of the molecule is COCC[N+]1=CC(c2ccc3[nH]nc(-c4cc(N5CCOCC5)ncn4)c3c2)=C1. The standard InChI is InChI=1S/C21H23N6O2/c1-28-7-4-26-12-16(13-26)15-2-3-18-17(10-15)21(25-24-18)19-11-20(23-14-22-19)27-5-8-29-9-6-27/h2-3,10-14H,4-9H2,1H3,(H,24,25)/q+1. The number of rotatable bonds is 6. The number of hydrogen-bond donors (Lipinski definition) is 1. The Bertz CT molecular complexity index is 1100. The van der Waals surface area contributed by atoms with Crippen molar-refractivity contribution in [2.45, 2.75) is 0 Å². The Morgan fingerprint density at radius 3 is 2.90 bits per heavy atom. The van der Waals surface area contributed by atoms with Gasteiger partial charge in [0.15, 0.2) is 19.0 Å². The molecule has 0 saturated carbocycles. The van der Waals surface area contributed by atoms with Crippen LogP contribution in [0.3, 0.4) is 0 Å². The summed E-state index contributed by atoms with van der Waals surface area (Å²) in [5, 5.41) is 8.71. The number of H-pyrrole nitrogens is 1. The third kappa shape index (κ3) is 3.52. The van der Waals surface area contributed by atoms with E-state index in [1.807, 2.05) is 6.07 Å². The summed E-state index contributed by atoms with van der Waals surface area (Å²) >= 11 is 0. The predicted octanol–water partition coefficient (Wildman–Crippen LogP) is 1.94. The molecule has 0 atom stereocenters. The van der Waals surface area contributed by atoms with E-state index in [4.69, 9.17) is 9.47 Å². The summed E-state index contributed by atoms with van der Waals surface area (Å²) in [4.78, 5) is 11.2. The summed E-state index contributed by atoms with van der Waals surface area (Å²) in [6, 6.07) is 8.35. The van der Waals surface area contributed by atoms with Crippen molar-refractivity contribution >= 4 is 28.5 Å². The second-order valence-corrected chi connectivity index (χ2v) is 7.14. The summed E-state index contributed by atoms with van der Waals surface area (Å²) in [7, 11) is 1.72. The summed E-state index contributed by atoms with van der Waals surface area (Å²) in [5.41, 5.74) is 5.02. The summed E-state index contributed by atoms with van der Waals surface area (Å²) in [6.45, 7) is 4.70. The van der Waals surface area contributed by atoms with Crippen LogP contribution in [0.15, 0.2) is 36.8 Å². The van der Waals surface area contributed by atoms with E-state index in [0.717, 1.165) is 66.5 Å². The van der Waals surface area contributed by atoms with E-state index in [2.05, 4.69) is 60.3 Å². The Morgan fingerprint density at radius 2 is 2.07 bits per heavy atom. The molecule has 2 aliphatic rings. The number of benzene rings is 1. The lowest BCUT2D eigenvalue weighted by molar-refractivity contribution is -0.462. The Balaban J connectivity index is 1.44. The monoisotopic (exact) mass is 391 g/mol. The minimum absolute atomic E-state index is 0.713. The van der Waals surface area contributed by atoms with Gasteiger partial charge in [0.2, 0.25) is 0 Å². The number of methoxy groups -OCH3 is 1. The first kappa shape index (κ1) is 18.0. The number of allylic oxidation sites excluding steroid dienone is 1. The van der Waals surface area contributed by atoms with Crippen molar-refractivity contribution in [2.24, 2.45) is 0 Å². The highest BCUT2D eigenvalue weighted by molar-refractivity contribution is 6.11. The number of hydrogen-bond acceptors (Lipinski definition) is 6. The van der Waals surface area contributed by atoms with Crippen LogP contribution < -0.4 is 4.90 Å². The highest BCUT2D eigenvalue weighted by Crippen LogP contribution is 2.30. The Hall–Kier alpha value is -3.10. The summed E-state index contributed by atoms with van der Waals surface area (Å²) < 4.78 is 12.7. The van der Waals surface area contributed by atoms with Crippen LogP contribution >= 0.6 is 0 Å². The number of aromatic nitrogens is 4. The second kappa shape index (κ2) is 7.73. The molecular weight excluding hydrogens is 368 g/mol. The molecule has 4 heterocycles. The quantitative estimate of drug-likeness (QED) is 0.647. The van der Waals surface area contributed by atoms with Crippen LogP contribution in [0.5, 0.6) is 0 Å². The molecule has 2 aromatic heterocycles. The van der Waals surface area contributed by atoms with Crippen molar-refractivity contribution in [1.82, 2.24) is 20.2 Å². The fourth-order valence-electron chi connectivity index (χ4n) is 3.65. The van der Waals surface area contributed by atoms with E-state index in [1.165, 1.54) is 5.57 Å². The molecule has 0 spiro atoms. The van der Waals surface area contributed by atoms with E-state index >= 15 is 0 Å². The van der Waals surface area contributed by atoms with Crippen LogP contribution in [0.2, 0.25) is 0 Å². The van der Waals surface area contributed by atoms with Gasteiger partial charge in [0.1, 0.15) is 30.0 Å². The zero-order chi connectivity index (χ0) is 19.6. The van der Waals surface area contributed by atoms with Crippen molar-refractivity contribution in [2.75, 3.05) is 51.5 Å². The van der Waals surface area contributed by atoms with Crippen molar-refractivity contribution in [3.8, 4) is 11.4 Å². The lowest BCUT2D eigenvalue weighted by Crippen LogP contribution is -2.36. The number of nitrogens with one attached hydrogen (secondary N) is 1. The third-order valence-corrected chi connectivity index (χ3v) is 5.29. The molecule has 1 N–H and O–H groups in total. The van der Waals surface area contributed by atoms with Crippen LogP contribution in [0.25, 0.3) is 27.9 Å². The van der Waals surface area contributed by atoms with Gasteiger partial charge >= 0.3 is 0 Å². The molecule has 3 aromatic rings. The first-order valence-electron chi connectivity index (χ1n) is 9.77. The zero-order valence-electron chi connectivity index (χ0n) is 16.3. The average Bonchev–Trinajstić information content (AvgIpc) is 3.17. The van der Waals surface area contributed by atoms with Crippen molar-refractivity contribution in [3.63, 3.8) is 0 Å². The lowest BCUT2D eigenvalue weighted by Gasteiger charge is -2.27. The molecule has 0 amide bonds. The Morgan fingerprint density at radius 1 is 1.21 bits per heavy atom. The topological polar surface area (TPSA) is 79.2 Å². The number of aromatic amines is 1. The number of nitrogens with zero attached hydrogens (tertiary/aromatic N) is 5. The maximum absolute atomic E-state index is 5.44. The van der Waals surface area contributed by atoms with Gasteiger partial charge in [-0.05, 0) is 17.7 Å². The predicted molar refractivity (Wildman–Crippen MR) is 111 cm³/mol.